The summed E-state index contributed by atoms with van der Waals surface area (Å²) in [7, 11) is 4.21. The Balaban J connectivity index is 1.47. The zero-order valence-electron chi connectivity index (χ0n) is 20.7. The van der Waals surface area contributed by atoms with Gasteiger partial charge < -0.3 is 14.4 Å². The number of aromatic hydroxyl groups is 1. The van der Waals surface area contributed by atoms with Crippen molar-refractivity contribution in [3.63, 3.8) is 0 Å². The number of carbonyl (C=O) groups excluding carboxylic acids is 1. The van der Waals surface area contributed by atoms with E-state index >= 15 is 0 Å². The summed E-state index contributed by atoms with van der Waals surface area (Å²) in [6.45, 7) is 1.75. The summed E-state index contributed by atoms with van der Waals surface area (Å²) in [6.07, 6.45) is 5.63. The Hall–Kier alpha value is -3.98. The number of amides is 1. The number of phenols is 1. The lowest BCUT2D eigenvalue weighted by atomic mass is 9.89. The normalized spacial score (nSPS) is 17.9. The number of carbonyl (C=O) groups is 1. The van der Waals surface area contributed by atoms with Gasteiger partial charge in [-0.25, -0.2) is 4.68 Å². The van der Waals surface area contributed by atoms with E-state index < -0.39 is 0 Å². The third-order valence-electron chi connectivity index (χ3n) is 6.78. The van der Waals surface area contributed by atoms with Crippen LogP contribution >= 0.6 is 0 Å². The van der Waals surface area contributed by atoms with Gasteiger partial charge in [-0.2, -0.15) is 0 Å². The molecular formula is C27H30N6O3. The number of benzene rings is 2. The predicted molar refractivity (Wildman–Crippen MR) is 136 cm³/mol. The van der Waals surface area contributed by atoms with Crippen LogP contribution in [0.2, 0.25) is 0 Å². The standard InChI is InChI=1S/C27H30N6O3/c1-18-28-29-26(36-18)19-6-4-8-23(16-19)32-15-14-25(30-32)33(22-12-10-21(11-13-22)31(2)3)27(35)20-7-5-9-24(34)17-20/h4-9,14-17,21-22,34H,10-13H2,1-3H3/t21-,22-. The van der Waals surface area contributed by atoms with Crippen molar-refractivity contribution in [3.8, 4) is 22.9 Å². The number of aromatic nitrogens is 4. The summed E-state index contributed by atoms with van der Waals surface area (Å²) in [4.78, 5) is 17.8. The van der Waals surface area contributed by atoms with Gasteiger partial charge in [0, 0.05) is 42.4 Å². The minimum absolute atomic E-state index is 0.0205. The zero-order chi connectivity index (χ0) is 25.2. The topological polar surface area (TPSA) is 101 Å². The van der Waals surface area contributed by atoms with E-state index in [2.05, 4.69) is 29.2 Å². The number of phenolic OH excluding ortho intramolecular Hbond substituents is 1. The van der Waals surface area contributed by atoms with E-state index in [0.717, 1.165) is 36.9 Å². The van der Waals surface area contributed by atoms with E-state index in [0.29, 0.717) is 29.2 Å². The minimum Gasteiger partial charge on any atom is -0.508 e. The van der Waals surface area contributed by atoms with Crippen molar-refractivity contribution in [1.29, 1.82) is 0 Å². The number of rotatable bonds is 6. The molecular weight excluding hydrogens is 456 g/mol. The molecule has 0 aliphatic heterocycles. The Bertz CT molecular complexity index is 1350. The van der Waals surface area contributed by atoms with E-state index in [1.165, 1.54) is 6.07 Å². The van der Waals surface area contributed by atoms with Gasteiger partial charge in [0.05, 0.1) is 5.69 Å². The molecule has 0 saturated heterocycles. The van der Waals surface area contributed by atoms with Crippen LogP contribution < -0.4 is 4.90 Å². The molecule has 1 aliphatic rings. The van der Waals surface area contributed by atoms with Gasteiger partial charge in [0.25, 0.3) is 5.91 Å². The summed E-state index contributed by atoms with van der Waals surface area (Å²) in [6, 6.07) is 16.6. The summed E-state index contributed by atoms with van der Waals surface area (Å²) in [5.41, 5.74) is 2.04. The van der Waals surface area contributed by atoms with Crippen LogP contribution in [0.1, 0.15) is 41.9 Å². The molecule has 0 bridgehead atoms. The smallest absolute Gasteiger partial charge is 0.259 e. The van der Waals surface area contributed by atoms with Crippen molar-refractivity contribution >= 4 is 11.7 Å². The lowest BCUT2D eigenvalue weighted by Crippen LogP contribution is -2.45. The molecule has 1 aliphatic carbocycles. The van der Waals surface area contributed by atoms with Gasteiger partial charge in [0.15, 0.2) is 5.82 Å². The average Bonchev–Trinajstić information content (AvgIpc) is 3.54. The lowest BCUT2D eigenvalue weighted by Gasteiger charge is -2.37. The number of anilines is 1. The van der Waals surface area contributed by atoms with Crippen LogP contribution in [-0.4, -0.2) is 62.1 Å². The van der Waals surface area contributed by atoms with Gasteiger partial charge in [-0.1, -0.05) is 12.1 Å². The molecule has 186 valence electrons. The predicted octanol–water partition coefficient (Wildman–Crippen LogP) is 4.46. The van der Waals surface area contributed by atoms with Crippen LogP contribution in [0.3, 0.4) is 0 Å². The fraction of sp³-hybridized carbons (Fsp3) is 0.333. The van der Waals surface area contributed by atoms with Crippen molar-refractivity contribution in [2.45, 2.75) is 44.7 Å². The molecule has 2 heterocycles. The number of nitrogens with zero attached hydrogens (tertiary/aromatic N) is 6. The summed E-state index contributed by atoms with van der Waals surface area (Å²) < 4.78 is 7.32. The van der Waals surface area contributed by atoms with Crippen molar-refractivity contribution in [2.24, 2.45) is 0 Å². The summed E-state index contributed by atoms with van der Waals surface area (Å²) >= 11 is 0. The van der Waals surface area contributed by atoms with Crippen LogP contribution in [0.4, 0.5) is 5.82 Å². The van der Waals surface area contributed by atoms with Crippen molar-refractivity contribution < 1.29 is 14.3 Å². The maximum absolute atomic E-state index is 13.7. The number of hydrogen-bond donors (Lipinski definition) is 1. The molecule has 5 rings (SSSR count). The first-order valence-corrected chi connectivity index (χ1v) is 12.1. The highest BCUT2D eigenvalue weighted by molar-refractivity contribution is 6.06. The first kappa shape index (κ1) is 23.7. The Morgan fingerprint density at radius 3 is 2.44 bits per heavy atom. The summed E-state index contributed by atoms with van der Waals surface area (Å²) in [5.74, 6) is 1.42. The maximum Gasteiger partial charge on any atom is 0.259 e. The van der Waals surface area contributed by atoms with E-state index in [4.69, 9.17) is 9.52 Å². The second-order valence-corrected chi connectivity index (χ2v) is 9.45. The Kier molecular flexibility index (Phi) is 6.56. The largest absolute Gasteiger partial charge is 0.508 e. The molecule has 2 aromatic heterocycles. The third kappa shape index (κ3) is 4.87. The number of hydrogen-bond acceptors (Lipinski definition) is 7. The van der Waals surface area contributed by atoms with Crippen molar-refractivity contribution in [2.75, 3.05) is 19.0 Å². The van der Waals surface area contributed by atoms with Crippen LogP contribution in [-0.2, 0) is 0 Å². The molecule has 9 heteroatoms. The Labute approximate surface area is 210 Å². The Morgan fingerprint density at radius 2 is 1.75 bits per heavy atom. The molecule has 0 spiro atoms. The average molecular weight is 487 g/mol. The fourth-order valence-corrected chi connectivity index (χ4v) is 4.85. The molecule has 9 nitrogen and oxygen atoms in total. The van der Waals surface area contributed by atoms with Crippen molar-refractivity contribution in [3.05, 3.63) is 72.2 Å². The Morgan fingerprint density at radius 1 is 1.00 bits per heavy atom. The maximum atomic E-state index is 13.7. The van der Waals surface area contributed by atoms with Gasteiger partial charge in [0.2, 0.25) is 11.8 Å². The van der Waals surface area contributed by atoms with Crippen LogP contribution in [0.5, 0.6) is 5.75 Å². The second kappa shape index (κ2) is 9.94. The molecule has 2 aromatic carbocycles. The molecule has 1 saturated carbocycles. The van der Waals surface area contributed by atoms with Crippen LogP contribution in [0.15, 0.2) is 65.2 Å². The fourth-order valence-electron chi connectivity index (χ4n) is 4.85. The van der Waals surface area contributed by atoms with E-state index in [-0.39, 0.29) is 17.7 Å². The molecule has 0 atom stereocenters. The van der Waals surface area contributed by atoms with Crippen LogP contribution in [0.25, 0.3) is 17.1 Å². The van der Waals surface area contributed by atoms with Gasteiger partial charge in [-0.15, -0.1) is 15.3 Å². The second-order valence-electron chi connectivity index (χ2n) is 9.45. The van der Waals surface area contributed by atoms with Gasteiger partial charge in [-0.3, -0.25) is 9.69 Å². The molecule has 36 heavy (non-hydrogen) atoms. The van der Waals surface area contributed by atoms with E-state index in [1.807, 2.05) is 36.5 Å². The SMILES string of the molecule is Cc1nnc(-c2cccc(-n3ccc(N(C(=O)c4cccc(O)c4)[C@H]4CC[C@H](N(C)C)CC4)n3)c2)o1. The van der Waals surface area contributed by atoms with Gasteiger partial charge in [-0.05, 0) is 76.2 Å². The highest BCUT2D eigenvalue weighted by atomic mass is 16.4. The molecule has 0 unspecified atom stereocenters. The zero-order valence-corrected chi connectivity index (χ0v) is 20.7. The van der Waals surface area contributed by atoms with Gasteiger partial charge in [0.1, 0.15) is 5.75 Å². The molecule has 1 fully saturated rings. The summed E-state index contributed by atoms with van der Waals surface area (Å²) in [5, 5.41) is 22.8. The molecule has 4 aromatic rings. The first-order valence-electron chi connectivity index (χ1n) is 12.1. The molecule has 1 N–H and O–H groups in total. The number of aryl methyl sites for hydroxylation is 1. The monoisotopic (exact) mass is 486 g/mol. The van der Waals surface area contributed by atoms with Crippen molar-refractivity contribution in [1.82, 2.24) is 24.9 Å². The van der Waals surface area contributed by atoms with E-state index in [1.54, 1.807) is 34.7 Å². The lowest BCUT2D eigenvalue weighted by molar-refractivity contribution is 0.0961. The third-order valence-corrected chi connectivity index (χ3v) is 6.78. The first-order chi connectivity index (χ1) is 17.4. The van der Waals surface area contributed by atoms with E-state index in [9.17, 15) is 9.90 Å². The molecule has 0 radical (unpaired) electrons. The van der Waals surface area contributed by atoms with Crippen LogP contribution in [0, 0.1) is 6.92 Å². The minimum atomic E-state index is -0.167. The van der Waals surface area contributed by atoms with Gasteiger partial charge >= 0.3 is 0 Å². The quantitative estimate of drug-likeness (QED) is 0.430. The highest BCUT2D eigenvalue weighted by Gasteiger charge is 2.32. The highest BCUT2D eigenvalue weighted by Crippen LogP contribution is 2.31. The molecule has 1 amide bonds.